The van der Waals surface area contributed by atoms with Gasteiger partial charge in [-0.1, -0.05) is 33.5 Å². The lowest BCUT2D eigenvalue weighted by atomic mass is 10.2. The molecule has 0 atom stereocenters. The van der Waals surface area contributed by atoms with Gasteiger partial charge in [-0.25, -0.2) is 14.4 Å². The second-order valence-corrected chi connectivity index (χ2v) is 6.44. The van der Waals surface area contributed by atoms with Gasteiger partial charge in [0.15, 0.2) is 0 Å². The Hall–Kier alpha value is -2.73. The number of carbonyl (C=O) groups excluding carboxylic acids is 1. The van der Waals surface area contributed by atoms with Gasteiger partial charge in [0.05, 0.1) is 21.6 Å². The van der Waals surface area contributed by atoms with E-state index in [9.17, 15) is 9.18 Å². The molecule has 0 aliphatic carbocycles. The molecule has 1 amide bonds. The number of anilines is 3. The maximum absolute atomic E-state index is 13.3. The molecule has 142 valence electrons. The minimum absolute atomic E-state index is 0.000219. The van der Waals surface area contributed by atoms with Gasteiger partial charge in [0, 0.05) is 11.1 Å². The van der Waals surface area contributed by atoms with Gasteiger partial charge in [-0.05, 0) is 36.4 Å². The van der Waals surface area contributed by atoms with Crippen molar-refractivity contribution >= 4 is 61.5 Å². The number of nitrogens with zero attached hydrogens (tertiary/aromatic N) is 3. The van der Waals surface area contributed by atoms with Crippen LogP contribution in [-0.2, 0) is 9.63 Å². The van der Waals surface area contributed by atoms with Gasteiger partial charge in [-0.15, -0.1) is 6.42 Å². The van der Waals surface area contributed by atoms with Crippen LogP contribution in [-0.4, -0.2) is 27.8 Å². The summed E-state index contributed by atoms with van der Waals surface area (Å²) in [5, 5.41) is 4.95. The van der Waals surface area contributed by atoms with Crippen LogP contribution in [0.3, 0.4) is 0 Å². The highest BCUT2D eigenvalue weighted by Gasteiger charge is 2.17. The summed E-state index contributed by atoms with van der Waals surface area (Å²) >= 11 is 8.94. The first-order valence-corrected chi connectivity index (χ1v) is 9.45. The fourth-order valence-electron chi connectivity index (χ4n) is 2.43. The van der Waals surface area contributed by atoms with Crippen LogP contribution in [0.2, 0.25) is 5.02 Å². The number of halogens is 3. The van der Waals surface area contributed by atoms with Gasteiger partial charge in [-0.2, -0.15) is 5.06 Å². The van der Waals surface area contributed by atoms with Crippen LogP contribution in [0.5, 0.6) is 0 Å². The van der Waals surface area contributed by atoms with Crippen molar-refractivity contribution < 1.29 is 14.0 Å². The molecule has 0 aliphatic heterocycles. The van der Waals surface area contributed by atoms with Crippen molar-refractivity contribution in [2.24, 2.45) is 0 Å². The van der Waals surface area contributed by atoms with E-state index in [-0.39, 0.29) is 22.9 Å². The van der Waals surface area contributed by atoms with Crippen LogP contribution in [0.4, 0.5) is 21.6 Å². The van der Waals surface area contributed by atoms with E-state index < -0.39 is 5.82 Å². The number of hydrogen-bond donors (Lipinski definition) is 1. The SMILES string of the molecule is C#CCON(C(=O)CBr)c1ccc2c(Nc3ccc(F)c(Cl)c3)ncnc2c1. The molecule has 0 aliphatic rings. The Balaban J connectivity index is 1.96. The van der Waals surface area contributed by atoms with Crippen molar-refractivity contribution in [3.8, 4) is 12.3 Å². The standard InChI is InChI=1S/C19H13BrClFN4O2/c1-2-7-28-26(18(27)10-20)13-4-5-14-17(9-13)23-11-24-19(14)25-12-3-6-16(22)15(21)8-12/h1,3-6,8-9,11H,7,10H2,(H,23,24,25). The number of carbonyl (C=O) groups is 1. The first-order valence-electron chi connectivity index (χ1n) is 7.95. The highest BCUT2D eigenvalue weighted by atomic mass is 79.9. The highest BCUT2D eigenvalue weighted by molar-refractivity contribution is 9.09. The lowest BCUT2D eigenvalue weighted by Crippen LogP contribution is -2.32. The van der Waals surface area contributed by atoms with E-state index in [4.69, 9.17) is 22.9 Å². The Morgan fingerprint density at radius 3 is 2.86 bits per heavy atom. The number of nitrogens with one attached hydrogen (secondary N) is 1. The predicted octanol–water partition coefficient (Wildman–Crippen LogP) is 4.46. The number of benzene rings is 2. The maximum atomic E-state index is 13.3. The Morgan fingerprint density at radius 1 is 1.32 bits per heavy atom. The summed E-state index contributed by atoms with van der Waals surface area (Å²) in [5.41, 5.74) is 1.62. The molecule has 0 saturated heterocycles. The topological polar surface area (TPSA) is 67.3 Å². The van der Waals surface area contributed by atoms with E-state index in [0.717, 1.165) is 5.06 Å². The van der Waals surface area contributed by atoms with E-state index in [1.54, 1.807) is 24.3 Å². The summed E-state index contributed by atoms with van der Waals surface area (Å²) in [5.74, 6) is 2.00. The monoisotopic (exact) mass is 462 g/mol. The molecular weight excluding hydrogens is 451 g/mol. The van der Waals surface area contributed by atoms with E-state index >= 15 is 0 Å². The van der Waals surface area contributed by atoms with Gasteiger partial charge < -0.3 is 5.32 Å². The molecule has 0 bridgehead atoms. The Labute approximate surface area is 173 Å². The Bertz CT molecular complexity index is 1070. The van der Waals surface area contributed by atoms with Gasteiger partial charge in [0.25, 0.3) is 5.91 Å². The average molecular weight is 464 g/mol. The summed E-state index contributed by atoms with van der Waals surface area (Å²) in [6.07, 6.45) is 6.59. The van der Waals surface area contributed by atoms with Crippen LogP contribution in [0.25, 0.3) is 10.9 Å². The van der Waals surface area contributed by atoms with Crippen molar-refractivity contribution in [2.75, 3.05) is 22.3 Å². The van der Waals surface area contributed by atoms with Crippen molar-refractivity contribution in [3.05, 3.63) is 53.6 Å². The number of rotatable bonds is 6. The number of aromatic nitrogens is 2. The fourth-order valence-corrected chi connectivity index (χ4v) is 2.84. The first-order chi connectivity index (χ1) is 13.5. The molecule has 0 saturated carbocycles. The predicted molar refractivity (Wildman–Crippen MR) is 110 cm³/mol. The quantitative estimate of drug-likeness (QED) is 0.332. The molecule has 1 heterocycles. The molecule has 9 heteroatoms. The van der Waals surface area contributed by atoms with Gasteiger partial charge >= 0.3 is 0 Å². The van der Waals surface area contributed by atoms with Gasteiger partial charge in [0.1, 0.15) is 24.6 Å². The fraction of sp³-hybridized carbons (Fsp3) is 0.105. The number of alkyl halides is 1. The van der Waals surface area contributed by atoms with Crippen molar-refractivity contribution in [3.63, 3.8) is 0 Å². The van der Waals surface area contributed by atoms with E-state index in [1.807, 2.05) is 0 Å². The molecule has 0 fully saturated rings. The Morgan fingerprint density at radius 2 is 2.14 bits per heavy atom. The molecular formula is C19H13BrClFN4O2. The first kappa shape index (κ1) is 20.0. The Kier molecular flexibility index (Phi) is 6.41. The molecule has 28 heavy (non-hydrogen) atoms. The van der Waals surface area contributed by atoms with Gasteiger partial charge in [0.2, 0.25) is 0 Å². The van der Waals surface area contributed by atoms with Crippen LogP contribution in [0, 0.1) is 18.2 Å². The third-order valence-electron chi connectivity index (χ3n) is 3.65. The van der Waals surface area contributed by atoms with Crippen molar-refractivity contribution in [1.29, 1.82) is 0 Å². The number of hydroxylamine groups is 1. The van der Waals surface area contributed by atoms with E-state index in [2.05, 4.69) is 37.1 Å². The van der Waals surface area contributed by atoms with Crippen LogP contribution in [0.1, 0.15) is 0 Å². The summed E-state index contributed by atoms with van der Waals surface area (Å²) in [6, 6.07) is 9.38. The zero-order valence-electron chi connectivity index (χ0n) is 14.3. The number of terminal acetylenes is 1. The molecule has 1 aromatic heterocycles. The molecule has 6 nitrogen and oxygen atoms in total. The zero-order chi connectivity index (χ0) is 20.1. The molecule has 0 spiro atoms. The van der Waals surface area contributed by atoms with E-state index in [1.165, 1.54) is 18.5 Å². The molecule has 0 radical (unpaired) electrons. The maximum Gasteiger partial charge on any atom is 0.261 e. The van der Waals surface area contributed by atoms with Crippen LogP contribution >= 0.6 is 27.5 Å². The summed E-state index contributed by atoms with van der Waals surface area (Å²) in [7, 11) is 0. The van der Waals surface area contributed by atoms with Crippen molar-refractivity contribution in [1.82, 2.24) is 9.97 Å². The normalized spacial score (nSPS) is 10.5. The molecule has 3 aromatic rings. The zero-order valence-corrected chi connectivity index (χ0v) is 16.7. The second kappa shape index (κ2) is 8.97. The second-order valence-electron chi connectivity index (χ2n) is 5.48. The average Bonchev–Trinajstić information content (AvgIpc) is 2.71. The lowest BCUT2D eigenvalue weighted by Gasteiger charge is -2.20. The van der Waals surface area contributed by atoms with Crippen LogP contribution in [0.15, 0.2) is 42.7 Å². The highest BCUT2D eigenvalue weighted by Crippen LogP contribution is 2.28. The molecule has 1 N–H and O–H groups in total. The lowest BCUT2D eigenvalue weighted by molar-refractivity contribution is -0.122. The minimum Gasteiger partial charge on any atom is -0.340 e. The van der Waals surface area contributed by atoms with Crippen molar-refractivity contribution in [2.45, 2.75) is 0 Å². The summed E-state index contributed by atoms with van der Waals surface area (Å²) < 4.78 is 13.3. The van der Waals surface area contributed by atoms with Crippen LogP contribution < -0.4 is 10.4 Å². The smallest absolute Gasteiger partial charge is 0.261 e. The largest absolute Gasteiger partial charge is 0.340 e. The summed E-state index contributed by atoms with van der Waals surface area (Å²) in [6.45, 7) is -0.0569. The molecule has 0 unspecified atom stereocenters. The third kappa shape index (κ3) is 4.39. The minimum atomic E-state index is -0.507. The molecule has 3 rings (SSSR count). The van der Waals surface area contributed by atoms with Gasteiger partial charge in [-0.3, -0.25) is 9.63 Å². The third-order valence-corrected chi connectivity index (χ3v) is 4.42. The molecule has 2 aromatic carbocycles. The van der Waals surface area contributed by atoms with E-state index in [0.29, 0.717) is 28.1 Å². The summed E-state index contributed by atoms with van der Waals surface area (Å²) in [4.78, 5) is 25.9. The number of amides is 1. The number of hydrogen-bond acceptors (Lipinski definition) is 5. The number of fused-ring (bicyclic) bond motifs is 1.